The summed E-state index contributed by atoms with van der Waals surface area (Å²) in [4.78, 5) is 0. The fraction of sp³-hybridized carbons (Fsp3) is 0.111. The van der Waals surface area contributed by atoms with Crippen LogP contribution >= 0.6 is 11.9 Å². The second-order valence-corrected chi connectivity index (χ2v) is 3.68. The quantitative estimate of drug-likeness (QED) is 0.828. The predicted octanol–water partition coefficient (Wildman–Crippen LogP) is 1.56. The Morgan fingerprint density at radius 3 is 2.71 bits per heavy atom. The van der Waals surface area contributed by atoms with E-state index in [1.165, 1.54) is 23.7 Å². The van der Waals surface area contributed by atoms with E-state index in [0.717, 1.165) is 5.75 Å². The minimum Gasteiger partial charge on any atom is -0.382 e. The van der Waals surface area contributed by atoms with E-state index in [0.29, 0.717) is 5.82 Å². The maximum Gasteiger partial charge on any atom is 0.154 e. The van der Waals surface area contributed by atoms with Crippen LogP contribution in [-0.2, 0) is 5.75 Å². The fourth-order valence-electron chi connectivity index (χ4n) is 1.04. The molecule has 1 aromatic heterocycles. The van der Waals surface area contributed by atoms with Crippen molar-refractivity contribution in [1.82, 2.24) is 14.4 Å². The Morgan fingerprint density at radius 2 is 2.07 bits per heavy atom. The molecule has 0 bridgehead atoms. The second kappa shape index (κ2) is 4.15. The van der Waals surface area contributed by atoms with Gasteiger partial charge in [0.2, 0.25) is 0 Å². The summed E-state index contributed by atoms with van der Waals surface area (Å²) in [6.07, 6.45) is 1.54. The Labute approximate surface area is 86.2 Å². The van der Waals surface area contributed by atoms with Crippen molar-refractivity contribution in [3.05, 3.63) is 42.1 Å². The first-order valence-electron chi connectivity index (χ1n) is 4.19. The van der Waals surface area contributed by atoms with Crippen molar-refractivity contribution in [2.24, 2.45) is 0 Å². The highest BCUT2D eigenvalue weighted by atomic mass is 32.2. The molecule has 4 nitrogen and oxygen atoms in total. The van der Waals surface area contributed by atoms with Gasteiger partial charge >= 0.3 is 0 Å². The van der Waals surface area contributed by atoms with Gasteiger partial charge < -0.3 is 5.73 Å². The predicted molar refractivity (Wildman–Crippen MR) is 57.6 cm³/mol. The van der Waals surface area contributed by atoms with Crippen LogP contribution in [0, 0.1) is 0 Å². The van der Waals surface area contributed by atoms with Gasteiger partial charge in [-0.3, -0.25) is 0 Å². The lowest BCUT2D eigenvalue weighted by molar-refractivity contribution is 0.893. The van der Waals surface area contributed by atoms with E-state index in [4.69, 9.17) is 5.73 Å². The van der Waals surface area contributed by atoms with Crippen molar-refractivity contribution in [3.63, 3.8) is 0 Å². The summed E-state index contributed by atoms with van der Waals surface area (Å²) in [5.41, 5.74) is 6.86. The average Bonchev–Trinajstić information content (AvgIpc) is 2.63. The number of nitrogens with two attached hydrogens (primary N) is 1. The van der Waals surface area contributed by atoms with Gasteiger partial charge in [0.25, 0.3) is 0 Å². The molecule has 1 aromatic carbocycles. The topological polar surface area (TPSA) is 56.7 Å². The van der Waals surface area contributed by atoms with Gasteiger partial charge in [0, 0.05) is 5.75 Å². The molecule has 14 heavy (non-hydrogen) atoms. The van der Waals surface area contributed by atoms with Crippen molar-refractivity contribution >= 4 is 17.8 Å². The fourth-order valence-corrected chi connectivity index (χ4v) is 1.80. The van der Waals surface area contributed by atoms with Gasteiger partial charge in [0.05, 0.1) is 6.20 Å². The second-order valence-electron chi connectivity index (χ2n) is 2.79. The normalized spacial score (nSPS) is 10.3. The lowest BCUT2D eigenvalue weighted by atomic mass is 10.2. The van der Waals surface area contributed by atoms with Gasteiger partial charge in [-0.05, 0) is 17.5 Å². The van der Waals surface area contributed by atoms with E-state index in [1.807, 2.05) is 18.2 Å². The van der Waals surface area contributed by atoms with Crippen LogP contribution in [-0.4, -0.2) is 14.4 Å². The van der Waals surface area contributed by atoms with Gasteiger partial charge in [-0.15, -0.1) is 5.10 Å². The Hall–Kier alpha value is -1.49. The Bertz CT molecular complexity index is 398. The number of nitrogen functional groups attached to an aromatic ring is 1. The summed E-state index contributed by atoms with van der Waals surface area (Å²) in [5.74, 6) is 1.42. The molecule has 0 atom stereocenters. The van der Waals surface area contributed by atoms with E-state index in [9.17, 15) is 0 Å². The third-order valence-corrected chi connectivity index (χ3v) is 2.73. The third kappa shape index (κ3) is 2.05. The molecule has 0 aliphatic rings. The zero-order chi connectivity index (χ0) is 9.80. The number of anilines is 1. The molecule has 5 heteroatoms. The number of benzene rings is 1. The molecule has 0 unspecified atom stereocenters. The molecular formula is C9H10N4S. The number of aromatic nitrogens is 3. The first kappa shape index (κ1) is 9.08. The molecule has 0 radical (unpaired) electrons. The van der Waals surface area contributed by atoms with E-state index in [1.54, 1.807) is 4.09 Å². The van der Waals surface area contributed by atoms with Crippen LogP contribution < -0.4 is 5.73 Å². The van der Waals surface area contributed by atoms with E-state index < -0.39 is 0 Å². The first-order chi connectivity index (χ1) is 6.86. The summed E-state index contributed by atoms with van der Waals surface area (Å²) in [6.45, 7) is 0. The molecule has 72 valence electrons. The van der Waals surface area contributed by atoms with Crippen molar-refractivity contribution < 1.29 is 0 Å². The standard InChI is InChI=1S/C9H10N4S/c10-9-6-11-12-13(9)14-7-8-4-2-1-3-5-8/h1-6H,7,10H2. The molecule has 2 rings (SSSR count). The van der Waals surface area contributed by atoms with Crippen LogP contribution in [0.1, 0.15) is 5.56 Å². The molecule has 0 saturated heterocycles. The van der Waals surface area contributed by atoms with Crippen molar-refractivity contribution in [3.8, 4) is 0 Å². The molecule has 2 aromatic rings. The summed E-state index contributed by atoms with van der Waals surface area (Å²) >= 11 is 1.52. The molecule has 0 aliphatic heterocycles. The minimum absolute atomic E-state index is 0.575. The van der Waals surface area contributed by atoms with Crippen LogP contribution in [0.15, 0.2) is 36.5 Å². The number of rotatable bonds is 3. The first-order valence-corrected chi connectivity index (χ1v) is 5.14. The van der Waals surface area contributed by atoms with Crippen LogP contribution in [0.5, 0.6) is 0 Å². The van der Waals surface area contributed by atoms with Crippen LogP contribution in [0.3, 0.4) is 0 Å². The molecule has 1 heterocycles. The van der Waals surface area contributed by atoms with Gasteiger partial charge in [0.15, 0.2) is 5.82 Å². The van der Waals surface area contributed by atoms with Gasteiger partial charge in [-0.25, -0.2) is 0 Å². The lowest BCUT2D eigenvalue weighted by Crippen LogP contribution is -1.97. The summed E-state index contributed by atoms with van der Waals surface area (Å²) in [7, 11) is 0. The van der Waals surface area contributed by atoms with Gasteiger partial charge in [0.1, 0.15) is 0 Å². The third-order valence-electron chi connectivity index (χ3n) is 1.74. The lowest BCUT2D eigenvalue weighted by Gasteiger charge is -2.01. The van der Waals surface area contributed by atoms with Crippen LogP contribution in [0.4, 0.5) is 5.82 Å². The highest BCUT2D eigenvalue weighted by Crippen LogP contribution is 2.15. The average molecular weight is 206 g/mol. The van der Waals surface area contributed by atoms with E-state index in [-0.39, 0.29) is 0 Å². The molecule has 0 saturated carbocycles. The summed E-state index contributed by atoms with van der Waals surface area (Å²) in [6, 6.07) is 10.2. The van der Waals surface area contributed by atoms with E-state index >= 15 is 0 Å². The number of hydrogen-bond donors (Lipinski definition) is 1. The maximum absolute atomic E-state index is 5.62. The van der Waals surface area contributed by atoms with Crippen LogP contribution in [0.25, 0.3) is 0 Å². The number of hydrogen-bond acceptors (Lipinski definition) is 4. The molecule has 2 N–H and O–H groups in total. The zero-order valence-corrected chi connectivity index (χ0v) is 8.31. The molecule has 0 aliphatic carbocycles. The summed E-state index contributed by atoms with van der Waals surface area (Å²) < 4.78 is 1.62. The summed E-state index contributed by atoms with van der Waals surface area (Å²) in [5, 5.41) is 7.54. The monoisotopic (exact) mass is 206 g/mol. The SMILES string of the molecule is Nc1cnnn1SCc1ccccc1. The largest absolute Gasteiger partial charge is 0.382 e. The highest BCUT2D eigenvalue weighted by molar-refractivity contribution is 7.97. The van der Waals surface area contributed by atoms with Crippen LogP contribution in [0.2, 0.25) is 0 Å². The molecule has 0 spiro atoms. The highest BCUT2D eigenvalue weighted by Gasteiger charge is 1.99. The number of nitrogens with zero attached hydrogens (tertiary/aromatic N) is 3. The van der Waals surface area contributed by atoms with Gasteiger partial charge in [-0.1, -0.05) is 35.5 Å². The molecular weight excluding hydrogens is 196 g/mol. The smallest absolute Gasteiger partial charge is 0.154 e. The van der Waals surface area contributed by atoms with E-state index in [2.05, 4.69) is 22.4 Å². The van der Waals surface area contributed by atoms with Crippen molar-refractivity contribution in [2.45, 2.75) is 5.75 Å². The molecule has 0 amide bonds. The van der Waals surface area contributed by atoms with Gasteiger partial charge in [-0.2, -0.15) is 4.09 Å². The van der Waals surface area contributed by atoms with Crippen molar-refractivity contribution in [1.29, 1.82) is 0 Å². The molecule has 0 fully saturated rings. The maximum atomic E-state index is 5.62. The Kier molecular flexibility index (Phi) is 2.69. The Morgan fingerprint density at radius 1 is 1.29 bits per heavy atom. The Balaban J connectivity index is 1.99. The van der Waals surface area contributed by atoms with Crippen molar-refractivity contribution in [2.75, 3.05) is 5.73 Å². The minimum atomic E-state index is 0.575. The zero-order valence-electron chi connectivity index (χ0n) is 7.50.